The maximum atomic E-state index is 12.5. The molecule has 0 spiro atoms. The topological polar surface area (TPSA) is 70.2 Å². The number of hydrogen-bond acceptors (Lipinski definition) is 5. The SMILES string of the molecule is COc1ccccc1CCN(CC(=O)N1CCN(C)CC1)S(C)(=O)=O. The Bertz CT molecular complexity index is 685. The number of benzene rings is 1. The predicted octanol–water partition coefficient (Wildman–Crippen LogP) is 0.273. The maximum Gasteiger partial charge on any atom is 0.237 e. The average Bonchev–Trinajstić information content (AvgIpc) is 2.58. The lowest BCUT2D eigenvalue weighted by molar-refractivity contribution is -0.132. The van der Waals surface area contributed by atoms with Gasteiger partial charge in [0.25, 0.3) is 0 Å². The number of para-hydroxylation sites is 1. The van der Waals surface area contributed by atoms with E-state index in [1.807, 2.05) is 31.3 Å². The Morgan fingerprint density at radius 2 is 1.84 bits per heavy atom. The van der Waals surface area contributed by atoms with Gasteiger partial charge >= 0.3 is 0 Å². The summed E-state index contributed by atoms with van der Waals surface area (Å²) in [6, 6.07) is 7.50. The second-order valence-electron chi connectivity index (χ2n) is 6.34. The molecule has 1 aromatic carbocycles. The molecule has 0 N–H and O–H groups in total. The highest BCUT2D eigenvalue weighted by molar-refractivity contribution is 7.88. The Morgan fingerprint density at radius 3 is 2.44 bits per heavy atom. The maximum absolute atomic E-state index is 12.5. The van der Waals surface area contributed by atoms with Crippen LogP contribution in [-0.2, 0) is 21.2 Å². The largest absolute Gasteiger partial charge is 0.496 e. The van der Waals surface area contributed by atoms with E-state index < -0.39 is 10.0 Å². The summed E-state index contributed by atoms with van der Waals surface area (Å²) in [5.41, 5.74) is 0.922. The molecule has 8 heteroatoms. The highest BCUT2D eigenvalue weighted by Crippen LogP contribution is 2.18. The van der Waals surface area contributed by atoms with Gasteiger partial charge in [-0.3, -0.25) is 4.79 Å². The minimum absolute atomic E-state index is 0.113. The zero-order chi connectivity index (χ0) is 18.4. The summed E-state index contributed by atoms with van der Waals surface area (Å²) >= 11 is 0. The summed E-state index contributed by atoms with van der Waals surface area (Å²) < 4.78 is 30.7. The van der Waals surface area contributed by atoms with Crippen molar-refractivity contribution in [2.75, 3.05) is 59.7 Å². The van der Waals surface area contributed by atoms with Crippen LogP contribution in [0.3, 0.4) is 0 Å². The summed E-state index contributed by atoms with van der Waals surface area (Å²) in [5.74, 6) is 0.583. The van der Waals surface area contributed by atoms with E-state index in [2.05, 4.69) is 4.90 Å². The first-order valence-electron chi connectivity index (χ1n) is 8.34. The molecule has 1 aliphatic rings. The molecule has 0 unspecified atom stereocenters. The van der Waals surface area contributed by atoms with Gasteiger partial charge in [-0.2, -0.15) is 4.31 Å². The summed E-state index contributed by atoms with van der Waals surface area (Å²) in [6.45, 7) is 3.03. The Kier molecular flexibility index (Phi) is 6.80. The van der Waals surface area contributed by atoms with Crippen molar-refractivity contribution < 1.29 is 17.9 Å². The van der Waals surface area contributed by atoms with Crippen molar-refractivity contribution in [3.05, 3.63) is 29.8 Å². The van der Waals surface area contributed by atoms with E-state index in [0.717, 1.165) is 30.7 Å². The molecule has 1 aromatic rings. The number of methoxy groups -OCH3 is 1. The highest BCUT2D eigenvalue weighted by atomic mass is 32.2. The molecule has 1 saturated heterocycles. The molecule has 0 saturated carbocycles. The third-order valence-electron chi connectivity index (χ3n) is 4.46. The van der Waals surface area contributed by atoms with Crippen LogP contribution in [0, 0.1) is 0 Å². The number of nitrogens with zero attached hydrogens (tertiary/aromatic N) is 3. The minimum atomic E-state index is -3.46. The molecule has 140 valence electrons. The van der Waals surface area contributed by atoms with E-state index in [9.17, 15) is 13.2 Å². The first kappa shape index (κ1) is 19.7. The van der Waals surface area contributed by atoms with Crippen molar-refractivity contribution in [1.29, 1.82) is 0 Å². The number of likely N-dealkylation sites (N-methyl/N-ethyl adjacent to an activating group) is 1. The van der Waals surface area contributed by atoms with E-state index in [1.165, 1.54) is 4.31 Å². The Hall–Kier alpha value is -1.64. The third kappa shape index (κ3) is 5.69. The number of carbonyl (C=O) groups is 1. The van der Waals surface area contributed by atoms with Crippen molar-refractivity contribution in [3.63, 3.8) is 0 Å². The first-order chi connectivity index (χ1) is 11.8. The van der Waals surface area contributed by atoms with Crippen LogP contribution in [-0.4, -0.2) is 88.1 Å². The number of piperazine rings is 1. The Balaban J connectivity index is 2.00. The number of hydrogen-bond donors (Lipinski definition) is 0. The quantitative estimate of drug-likeness (QED) is 0.690. The predicted molar refractivity (Wildman–Crippen MR) is 97.2 cm³/mol. The molecule has 25 heavy (non-hydrogen) atoms. The minimum Gasteiger partial charge on any atom is -0.496 e. The number of rotatable bonds is 7. The fourth-order valence-electron chi connectivity index (χ4n) is 2.82. The lowest BCUT2D eigenvalue weighted by Gasteiger charge is -2.33. The molecule has 0 aliphatic carbocycles. The molecule has 0 radical (unpaired) electrons. The summed E-state index contributed by atoms with van der Waals surface area (Å²) in [7, 11) is 0.135. The van der Waals surface area contributed by atoms with Crippen molar-refractivity contribution in [1.82, 2.24) is 14.1 Å². The monoisotopic (exact) mass is 369 g/mol. The van der Waals surface area contributed by atoms with Crippen molar-refractivity contribution >= 4 is 15.9 Å². The highest BCUT2D eigenvalue weighted by Gasteiger charge is 2.25. The molecule has 2 rings (SSSR count). The molecule has 1 fully saturated rings. The zero-order valence-electron chi connectivity index (χ0n) is 15.1. The second-order valence-corrected chi connectivity index (χ2v) is 8.32. The van der Waals surface area contributed by atoms with Crippen LogP contribution < -0.4 is 4.74 Å². The van der Waals surface area contributed by atoms with Crippen LogP contribution in [0.4, 0.5) is 0 Å². The van der Waals surface area contributed by atoms with Crippen LogP contribution in [0.2, 0.25) is 0 Å². The molecule has 1 amide bonds. The van der Waals surface area contributed by atoms with Gasteiger partial charge in [-0.15, -0.1) is 0 Å². The van der Waals surface area contributed by atoms with E-state index in [1.54, 1.807) is 12.0 Å². The Labute approximate surface area is 150 Å². The smallest absolute Gasteiger partial charge is 0.237 e. The van der Waals surface area contributed by atoms with E-state index in [0.29, 0.717) is 19.5 Å². The zero-order valence-corrected chi connectivity index (χ0v) is 16.0. The van der Waals surface area contributed by atoms with Crippen LogP contribution in [0.1, 0.15) is 5.56 Å². The standard InChI is InChI=1S/C17H27N3O4S/c1-18-10-12-19(13-11-18)17(21)14-20(25(3,22)23)9-8-15-6-4-5-7-16(15)24-2/h4-7H,8-14H2,1-3H3. The fraction of sp³-hybridized carbons (Fsp3) is 0.588. The third-order valence-corrected chi connectivity index (χ3v) is 5.71. The number of sulfonamides is 1. The van der Waals surface area contributed by atoms with Gasteiger partial charge in [0.05, 0.1) is 19.9 Å². The lowest BCUT2D eigenvalue weighted by atomic mass is 10.1. The van der Waals surface area contributed by atoms with Crippen LogP contribution in [0.15, 0.2) is 24.3 Å². The van der Waals surface area contributed by atoms with Gasteiger partial charge in [0.15, 0.2) is 0 Å². The Morgan fingerprint density at radius 1 is 1.20 bits per heavy atom. The number of carbonyl (C=O) groups excluding carboxylic acids is 1. The molecule has 0 aromatic heterocycles. The summed E-state index contributed by atoms with van der Waals surface area (Å²) in [4.78, 5) is 16.4. The lowest BCUT2D eigenvalue weighted by Crippen LogP contribution is -2.50. The summed E-state index contributed by atoms with van der Waals surface area (Å²) in [5, 5.41) is 0. The van der Waals surface area contributed by atoms with Crippen LogP contribution in [0.5, 0.6) is 5.75 Å². The van der Waals surface area contributed by atoms with Crippen molar-refractivity contribution in [3.8, 4) is 5.75 Å². The van der Waals surface area contributed by atoms with E-state index in [-0.39, 0.29) is 19.0 Å². The van der Waals surface area contributed by atoms with Crippen LogP contribution in [0.25, 0.3) is 0 Å². The molecule has 0 bridgehead atoms. The van der Waals surface area contributed by atoms with Crippen LogP contribution >= 0.6 is 0 Å². The second kappa shape index (κ2) is 8.64. The molecular weight excluding hydrogens is 342 g/mol. The molecular formula is C17H27N3O4S. The molecule has 1 aliphatic heterocycles. The molecule has 1 heterocycles. The van der Waals surface area contributed by atoms with Gasteiger partial charge < -0.3 is 14.5 Å². The first-order valence-corrected chi connectivity index (χ1v) is 10.2. The van der Waals surface area contributed by atoms with Gasteiger partial charge in [0, 0.05) is 32.7 Å². The van der Waals surface area contributed by atoms with E-state index >= 15 is 0 Å². The van der Waals surface area contributed by atoms with Crippen molar-refractivity contribution in [2.24, 2.45) is 0 Å². The summed E-state index contributed by atoms with van der Waals surface area (Å²) in [6.07, 6.45) is 1.64. The molecule has 0 atom stereocenters. The fourth-order valence-corrected chi connectivity index (χ4v) is 3.59. The van der Waals surface area contributed by atoms with Crippen molar-refractivity contribution in [2.45, 2.75) is 6.42 Å². The average molecular weight is 369 g/mol. The number of amides is 1. The van der Waals surface area contributed by atoms with Gasteiger partial charge in [-0.05, 0) is 25.1 Å². The van der Waals surface area contributed by atoms with Gasteiger partial charge in [-0.25, -0.2) is 8.42 Å². The normalized spacial score (nSPS) is 16.2. The number of ether oxygens (including phenoxy) is 1. The van der Waals surface area contributed by atoms with E-state index in [4.69, 9.17) is 4.74 Å². The van der Waals surface area contributed by atoms with Gasteiger partial charge in [0.1, 0.15) is 5.75 Å². The van der Waals surface area contributed by atoms with Gasteiger partial charge in [0.2, 0.25) is 15.9 Å². The molecule has 7 nitrogen and oxygen atoms in total. The van der Waals surface area contributed by atoms with Gasteiger partial charge in [-0.1, -0.05) is 18.2 Å².